The van der Waals surface area contributed by atoms with Crippen LogP contribution in [0.1, 0.15) is 29.7 Å². The molecule has 0 saturated heterocycles. The van der Waals surface area contributed by atoms with E-state index in [1.54, 1.807) is 0 Å². The molecule has 0 aliphatic rings. The highest BCUT2D eigenvalue weighted by Gasteiger charge is 2.37. The summed E-state index contributed by atoms with van der Waals surface area (Å²) in [4.78, 5) is 0. The second-order valence-corrected chi connectivity index (χ2v) is 4.51. The van der Waals surface area contributed by atoms with E-state index >= 15 is 0 Å². The molecule has 2 nitrogen and oxygen atoms in total. The van der Waals surface area contributed by atoms with Crippen molar-refractivity contribution in [1.82, 2.24) is 5.32 Å². The van der Waals surface area contributed by atoms with Gasteiger partial charge in [0.05, 0.1) is 17.7 Å². The standard InChI is InChI=1S/C13H15F6NO/c1-8(20-3-4-21-2)9-5-10(12(14,15)16)7-11(6-9)13(17,18)19/h5-8,20H,3-4H2,1-2H3. The fourth-order valence-electron chi connectivity index (χ4n) is 1.72. The van der Waals surface area contributed by atoms with Gasteiger partial charge in [0.15, 0.2) is 0 Å². The second kappa shape index (κ2) is 6.65. The molecule has 1 aromatic rings. The molecule has 0 radical (unpaired) electrons. The van der Waals surface area contributed by atoms with Crippen LogP contribution in [0.15, 0.2) is 18.2 Å². The summed E-state index contributed by atoms with van der Waals surface area (Å²) in [5.41, 5.74) is -2.70. The van der Waals surface area contributed by atoms with Crippen LogP contribution < -0.4 is 5.32 Å². The third kappa shape index (κ3) is 5.20. The van der Waals surface area contributed by atoms with E-state index in [2.05, 4.69) is 5.32 Å². The lowest BCUT2D eigenvalue weighted by Crippen LogP contribution is -2.24. The van der Waals surface area contributed by atoms with Gasteiger partial charge in [0.25, 0.3) is 0 Å². The van der Waals surface area contributed by atoms with Crippen LogP contribution in [0.2, 0.25) is 0 Å². The lowest BCUT2D eigenvalue weighted by molar-refractivity contribution is -0.143. The summed E-state index contributed by atoms with van der Waals surface area (Å²) in [6.45, 7) is 2.11. The van der Waals surface area contributed by atoms with Crippen molar-refractivity contribution in [2.45, 2.75) is 25.3 Å². The number of rotatable bonds is 5. The molecule has 120 valence electrons. The normalized spacial score (nSPS) is 14.3. The Kier molecular flexibility index (Phi) is 5.63. The van der Waals surface area contributed by atoms with E-state index < -0.39 is 29.5 Å². The van der Waals surface area contributed by atoms with Crippen LogP contribution in [-0.2, 0) is 17.1 Å². The molecule has 1 rings (SSSR count). The summed E-state index contributed by atoms with van der Waals surface area (Å²) in [5, 5.41) is 2.80. The van der Waals surface area contributed by atoms with Crippen molar-refractivity contribution in [1.29, 1.82) is 0 Å². The SMILES string of the molecule is COCCNC(C)c1cc(C(F)(F)F)cc(C(F)(F)F)c1. The molecule has 0 aromatic heterocycles. The van der Waals surface area contributed by atoms with Gasteiger partial charge in [0.1, 0.15) is 0 Å². The van der Waals surface area contributed by atoms with Crippen LogP contribution in [-0.4, -0.2) is 20.3 Å². The Morgan fingerprint density at radius 3 is 1.86 bits per heavy atom. The number of methoxy groups -OCH3 is 1. The van der Waals surface area contributed by atoms with E-state index in [1.165, 1.54) is 14.0 Å². The van der Waals surface area contributed by atoms with Crippen LogP contribution in [0, 0.1) is 0 Å². The van der Waals surface area contributed by atoms with Gasteiger partial charge in [-0.3, -0.25) is 0 Å². The first-order valence-electron chi connectivity index (χ1n) is 6.07. The highest BCUT2D eigenvalue weighted by Crippen LogP contribution is 2.37. The smallest absolute Gasteiger partial charge is 0.383 e. The number of ether oxygens (including phenoxy) is 1. The van der Waals surface area contributed by atoms with Crippen molar-refractivity contribution in [3.05, 3.63) is 34.9 Å². The first-order chi connectivity index (χ1) is 9.55. The fourth-order valence-corrected chi connectivity index (χ4v) is 1.72. The zero-order chi connectivity index (χ0) is 16.3. The van der Waals surface area contributed by atoms with Crippen molar-refractivity contribution < 1.29 is 31.1 Å². The van der Waals surface area contributed by atoms with E-state index in [0.717, 1.165) is 12.1 Å². The van der Waals surface area contributed by atoms with Gasteiger partial charge in [-0.15, -0.1) is 0 Å². The van der Waals surface area contributed by atoms with Crippen molar-refractivity contribution in [3.8, 4) is 0 Å². The van der Waals surface area contributed by atoms with Crippen molar-refractivity contribution >= 4 is 0 Å². The zero-order valence-electron chi connectivity index (χ0n) is 11.4. The molecule has 0 fully saturated rings. The first kappa shape index (κ1) is 17.8. The number of benzene rings is 1. The van der Waals surface area contributed by atoms with Gasteiger partial charge in [0.2, 0.25) is 0 Å². The van der Waals surface area contributed by atoms with Crippen LogP contribution in [0.25, 0.3) is 0 Å². The second-order valence-electron chi connectivity index (χ2n) is 4.51. The van der Waals surface area contributed by atoms with Crippen LogP contribution in [0.4, 0.5) is 26.3 Å². The Labute approximate surface area is 118 Å². The molecule has 0 bridgehead atoms. The predicted molar refractivity (Wildman–Crippen MR) is 64.7 cm³/mol. The van der Waals surface area contributed by atoms with Crippen LogP contribution in [0.5, 0.6) is 0 Å². The minimum atomic E-state index is -4.83. The molecular formula is C13H15F6NO. The molecule has 21 heavy (non-hydrogen) atoms. The van der Waals surface area contributed by atoms with Crippen molar-refractivity contribution in [3.63, 3.8) is 0 Å². The topological polar surface area (TPSA) is 21.3 Å². The summed E-state index contributed by atoms with van der Waals surface area (Å²) < 4.78 is 81.0. The summed E-state index contributed by atoms with van der Waals surface area (Å²) in [7, 11) is 1.44. The van der Waals surface area contributed by atoms with Crippen molar-refractivity contribution in [2.75, 3.05) is 20.3 Å². The predicted octanol–water partition coefficient (Wildman–Crippen LogP) is 4.02. The van der Waals surface area contributed by atoms with E-state index in [4.69, 9.17) is 4.74 Å². The molecule has 0 saturated carbocycles. The number of nitrogens with one attached hydrogen (secondary N) is 1. The van der Waals surface area contributed by atoms with Gasteiger partial charge < -0.3 is 10.1 Å². The number of hydrogen-bond acceptors (Lipinski definition) is 2. The molecule has 1 N–H and O–H groups in total. The van der Waals surface area contributed by atoms with Gasteiger partial charge in [0, 0.05) is 19.7 Å². The van der Waals surface area contributed by atoms with Crippen molar-refractivity contribution in [2.24, 2.45) is 0 Å². The Morgan fingerprint density at radius 2 is 1.48 bits per heavy atom. The van der Waals surface area contributed by atoms with Gasteiger partial charge in [-0.2, -0.15) is 26.3 Å². The van der Waals surface area contributed by atoms with Gasteiger partial charge in [-0.25, -0.2) is 0 Å². The average Bonchev–Trinajstić information content (AvgIpc) is 2.36. The Bertz CT molecular complexity index is 436. The molecule has 1 aromatic carbocycles. The molecule has 0 amide bonds. The Hall–Kier alpha value is -1.28. The number of hydrogen-bond donors (Lipinski definition) is 1. The van der Waals surface area contributed by atoms with E-state index in [9.17, 15) is 26.3 Å². The van der Waals surface area contributed by atoms with Crippen LogP contribution >= 0.6 is 0 Å². The average molecular weight is 315 g/mol. The first-order valence-corrected chi connectivity index (χ1v) is 6.07. The Balaban J connectivity index is 3.13. The molecular weight excluding hydrogens is 300 g/mol. The van der Waals surface area contributed by atoms with E-state index in [0.29, 0.717) is 13.2 Å². The fraction of sp³-hybridized carbons (Fsp3) is 0.538. The summed E-state index contributed by atoms with van der Waals surface area (Å²) >= 11 is 0. The lowest BCUT2D eigenvalue weighted by Gasteiger charge is -2.19. The maximum atomic E-state index is 12.7. The Morgan fingerprint density at radius 1 is 1.00 bits per heavy atom. The molecule has 0 aliphatic carbocycles. The highest BCUT2D eigenvalue weighted by atomic mass is 19.4. The van der Waals surface area contributed by atoms with Gasteiger partial charge in [-0.1, -0.05) is 0 Å². The largest absolute Gasteiger partial charge is 0.416 e. The van der Waals surface area contributed by atoms with E-state index in [-0.39, 0.29) is 11.6 Å². The zero-order valence-corrected chi connectivity index (χ0v) is 11.4. The van der Waals surface area contributed by atoms with E-state index in [1.807, 2.05) is 0 Å². The minimum absolute atomic E-state index is 0.0757. The third-order valence-electron chi connectivity index (χ3n) is 2.87. The quantitative estimate of drug-likeness (QED) is 0.654. The molecule has 1 unspecified atom stereocenters. The molecule has 1 atom stereocenters. The minimum Gasteiger partial charge on any atom is -0.383 e. The third-order valence-corrected chi connectivity index (χ3v) is 2.87. The summed E-state index contributed by atoms with van der Waals surface area (Å²) in [5.74, 6) is 0. The van der Waals surface area contributed by atoms with Gasteiger partial charge >= 0.3 is 12.4 Å². The molecule has 0 spiro atoms. The van der Waals surface area contributed by atoms with Gasteiger partial charge in [-0.05, 0) is 30.7 Å². The highest BCUT2D eigenvalue weighted by molar-refractivity contribution is 5.35. The molecule has 0 heterocycles. The van der Waals surface area contributed by atoms with Crippen LogP contribution in [0.3, 0.4) is 0 Å². The summed E-state index contributed by atoms with van der Waals surface area (Å²) in [6, 6.07) is 0.897. The molecule has 8 heteroatoms. The number of halogens is 6. The monoisotopic (exact) mass is 315 g/mol. The maximum absolute atomic E-state index is 12.7. The lowest BCUT2D eigenvalue weighted by atomic mass is 10.0. The summed E-state index contributed by atoms with van der Waals surface area (Å²) in [6.07, 6.45) is -9.66. The number of alkyl halides is 6. The molecule has 0 aliphatic heterocycles. The maximum Gasteiger partial charge on any atom is 0.416 e.